The highest BCUT2D eigenvalue weighted by molar-refractivity contribution is 7.67. The van der Waals surface area contributed by atoms with Crippen molar-refractivity contribution in [3.05, 3.63) is 12.7 Å². The van der Waals surface area contributed by atoms with Crippen LogP contribution < -0.4 is 5.32 Å². The first kappa shape index (κ1) is 15.1. The van der Waals surface area contributed by atoms with E-state index < -0.39 is 11.0 Å². The number of amides is 1. The Morgan fingerprint density at radius 3 is 2.56 bits per heavy atom. The minimum atomic E-state index is -2.76. The van der Waals surface area contributed by atoms with Crippen LogP contribution in [0.4, 0.5) is 0 Å². The van der Waals surface area contributed by atoms with Crippen LogP contribution in [0, 0.1) is 5.92 Å². The van der Waals surface area contributed by atoms with Crippen molar-refractivity contribution in [2.45, 2.75) is 32.7 Å². The summed E-state index contributed by atoms with van der Waals surface area (Å²) in [6.07, 6.45) is 2.80. The minimum Gasteiger partial charge on any atom is -0.350 e. The van der Waals surface area contributed by atoms with Gasteiger partial charge in [0.1, 0.15) is 0 Å². The van der Waals surface area contributed by atoms with E-state index in [0.717, 1.165) is 12.8 Å². The lowest BCUT2D eigenvalue weighted by atomic mass is 10.0. The topological polar surface area (TPSA) is 72.5 Å². The summed E-state index contributed by atoms with van der Waals surface area (Å²) < 4.78 is 24.8. The van der Waals surface area contributed by atoms with Crippen molar-refractivity contribution in [1.82, 2.24) is 5.32 Å². The first-order valence-electron chi connectivity index (χ1n) is 5.16. The Morgan fingerprint density at radius 2 is 2.06 bits per heavy atom. The molecule has 0 spiro atoms. The van der Waals surface area contributed by atoms with Gasteiger partial charge in [0.25, 0.3) is 11.0 Å². The van der Waals surface area contributed by atoms with Crippen LogP contribution in [0.3, 0.4) is 0 Å². The maximum atomic E-state index is 10.9. The Kier molecular flexibility index (Phi) is 7.84. The van der Waals surface area contributed by atoms with Gasteiger partial charge < -0.3 is 5.32 Å². The van der Waals surface area contributed by atoms with E-state index in [9.17, 15) is 13.2 Å². The number of rotatable bonds is 8. The summed E-state index contributed by atoms with van der Waals surface area (Å²) in [4.78, 5) is 10.9. The normalized spacial score (nSPS) is 14.4. The molecule has 0 rings (SSSR count). The molecule has 0 radical (unpaired) electrons. The molecular formula is C10H19NO4S. The molecule has 0 saturated heterocycles. The maximum Gasteiger partial charge on any atom is 0.257 e. The van der Waals surface area contributed by atoms with E-state index in [1.54, 1.807) is 0 Å². The molecule has 6 heteroatoms. The molecule has 0 aromatic rings. The van der Waals surface area contributed by atoms with Crippen molar-refractivity contribution in [3.8, 4) is 0 Å². The fourth-order valence-corrected chi connectivity index (χ4v) is 1.56. The zero-order valence-corrected chi connectivity index (χ0v) is 10.5. The Bertz CT molecular complexity index is 293. The van der Waals surface area contributed by atoms with Crippen molar-refractivity contribution >= 4 is 16.9 Å². The number of carbonyl (C=O) groups excluding carboxylic acids is 1. The number of hydrogen-bond donors (Lipinski definition) is 2. The highest BCUT2D eigenvalue weighted by Crippen LogP contribution is 2.08. The lowest BCUT2D eigenvalue weighted by Gasteiger charge is -2.15. The number of nitrogens with one attached hydrogen (secondary N) is 1. The molecule has 0 saturated carbocycles. The molecule has 1 amide bonds. The molecule has 0 aliphatic heterocycles. The standard InChI is InChI=1S/C10H19NO4S/c1-4-10(12)11-9(3)6-5-8(2)7-15-16(13)14/h4,8-9,16H,1,5-7H2,2-3H3,(H,11,12). The summed E-state index contributed by atoms with van der Waals surface area (Å²) in [5.74, 6) is -0.0463. The second-order valence-electron chi connectivity index (χ2n) is 3.82. The zero-order chi connectivity index (χ0) is 12.6. The van der Waals surface area contributed by atoms with Gasteiger partial charge in [-0.05, 0) is 31.8 Å². The summed E-state index contributed by atoms with van der Waals surface area (Å²) in [7, 11) is -2.76. The van der Waals surface area contributed by atoms with E-state index in [-0.39, 0.29) is 24.5 Å². The van der Waals surface area contributed by atoms with Crippen LogP contribution in [0.1, 0.15) is 26.7 Å². The Balaban J connectivity index is 3.69. The Hall–Kier alpha value is -0.880. The summed E-state index contributed by atoms with van der Waals surface area (Å²) in [6, 6.07) is 0.0500. The molecular weight excluding hydrogens is 230 g/mol. The second kappa shape index (κ2) is 8.29. The van der Waals surface area contributed by atoms with E-state index in [2.05, 4.69) is 16.1 Å². The van der Waals surface area contributed by atoms with Gasteiger partial charge in [0.2, 0.25) is 5.91 Å². The third-order valence-corrected chi connectivity index (χ3v) is 2.49. The van der Waals surface area contributed by atoms with Gasteiger partial charge >= 0.3 is 0 Å². The van der Waals surface area contributed by atoms with Gasteiger partial charge in [0.15, 0.2) is 0 Å². The minimum absolute atomic E-state index is 0.0500. The molecule has 94 valence electrons. The average molecular weight is 249 g/mol. The largest absolute Gasteiger partial charge is 0.350 e. The van der Waals surface area contributed by atoms with Crippen LogP contribution in [0.15, 0.2) is 12.7 Å². The number of thiol groups is 1. The molecule has 0 aliphatic rings. The summed E-state index contributed by atoms with van der Waals surface area (Å²) >= 11 is 0. The van der Waals surface area contributed by atoms with Crippen LogP contribution in [0.5, 0.6) is 0 Å². The smallest absolute Gasteiger partial charge is 0.257 e. The summed E-state index contributed by atoms with van der Waals surface area (Å²) in [5, 5.41) is 2.73. The van der Waals surface area contributed by atoms with Gasteiger partial charge in [-0.25, -0.2) is 8.42 Å². The molecule has 16 heavy (non-hydrogen) atoms. The van der Waals surface area contributed by atoms with Crippen molar-refractivity contribution in [2.24, 2.45) is 5.92 Å². The highest BCUT2D eigenvalue weighted by atomic mass is 32.2. The van der Waals surface area contributed by atoms with Crippen molar-refractivity contribution in [1.29, 1.82) is 0 Å². The van der Waals surface area contributed by atoms with Gasteiger partial charge in [-0.15, -0.1) is 0 Å². The molecule has 2 unspecified atom stereocenters. The predicted molar refractivity (Wildman–Crippen MR) is 62.5 cm³/mol. The Labute approximate surface area is 98.0 Å². The van der Waals surface area contributed by atoms with Gasteiger partial charge in [0, 0.05) is 6.04 Å². The van der Waals surface area contributed by atoms with Gasteiger partial charge in [0.05, 0.1) is 6.61 Å². The first-order chi connectivity index (χ1) is 7.45. The molecule has 0 aromatic carbocycles. The predicted octanol–water partition coefficient (Wildman–Crippen LogP) is 0.636. The van der Waals surface area contributed by atoms with Crippen molar-refractivity contribution < 1.29 is 17.4 Å². The van der Waals surface area contributed by atoms with Crippen LogP contribution in [-0.4, -0.2) is 27.0 Å². The van der Waals surface area contributed by atoms with E-state index in [1.165, 1.54) is 6.08 Å². The lowest BCUT2D eigenvalue weighted by molar-refractivity contribution is -0.117. The molecule has 1 N–H and O–H groups in total. The quantitative estimate of drug-likeness (QED) is 0.489. The molecule has 0 heterocycles. The molecule has 5 nitrogen and oxygen atoms in total. The van der Waals surface area contributed by atoms with Crippen molar-refractivity contribution in [3.63, 3.8) is 0 Å². The van der Waals surface area contributed by atoms with E-state index >= 15 is 0 Å². The first-order valence-corrected chi connectivity index (χ1v) is 6.25. The molecule has 0 aliphatic carbocycles. The monoisotopic (exact) mass is 249 g/mol. The van der Waals surface area contributed by atoms with E-state index in [1.807, 2.05) is 13.8 Å². The van der Waals surface area contributed by atoms with Crippen molar-refractivity contribution in [2.75, 3.05) is 6.61 Å². The third kappa shape index (κ3) is 8.43. The fourth-order valence-electron chi connectivity index (χ4n) is 1.18. The van der Waals surface area contributed by atoms with Crippen LogP contribution in [-0.2, 0) is 20.0 Å². The van der Waals surface area contributed by atoms with E-state index in [4.69, 9.17) is 0 Å². The summed E-state index contributed by atoms with van der Waals surface area (Å²) in [5.41, 5.74) is 0. The molecule has 0 aromatic heterocycles. The highest BCUT2D eigenvalue weighted by Gasteiger charge is 2.08. The van der Waals surface area contributed by atoms with Gasteiger partial charge in [-0.1, -0.05) is 13.5 Å². The third-order valence-electron chi connectivity index (χ3n) is 2.13. The number of carbonyl (C=O) groups is 1. The van der Waals surface area contributed by atoms with E-state index in [0.29, 0.717) is 0 Å². The zero-order valence-electron chi connectivity index (χ0n) is 9.64. The fraction of sp³-hybridized carbons (Fsp3) is 0.700. The Morgan fingerprint density at radius 1 is 1.44 bits per heavy atom. The summed E-state index contributed by atoms with van der Waals surface area (Å²) in [6.45, 7) is 7.35. The van der Waals surface area contributed by atoms with Gasteiger partial charge in [-0.2, -0.15) is 0 Å². The van der Waals surface area contributed by atoms with Crippen LogP contribution in [0.25, 0.3) is 0 Å². The number of hydrogen-bond acceptors (Lipinski definition) is 4. The average Bonchev–Trinajstić information content (AvgIpc) is 2.23. The molecule has 0 fully saturated rings. The molecule has 2 atom stereocenters. The maximum absolute atomic E-state index is 10.9. The van der Waals surface area contributed by atoms with Crippen LogP contribution in [0.2, 0.25) is 0 Å². The second-order valence-corrected chi connectivity index (χ2v) is 4.52. The SMILES string of the molecule is C=CC(=O)NC(C)CCC(C)CO[SH](=O)=O. The molecule has 0 bridgehead atoms. The van der Waals surface area contributed by atoms with Gasteiger partial charge in [-0.3, -0.25) is 8.98 Å². The lowest BCUT2D eigenvalue weighted by Crippen LogP contribution is -2.31. The van der Waals surface area contributed by atoms with Crippen LogP contribution >= 0.6 is 0 Å².